The van der Waals surface area contributed by atoms with Gasteiger partial charge < -0.3 is 10.3 Å². The Morgan fingerprint density at radius 3 is 3.06 bits per heavy atom. The Bertz CT molecular complexity index is 506. The van der Waals surface area contributed by atoms with Crippen LogP contribution in [0.1, 0.15) is 23.2 Å². The van der Waals surface area contributed by atoms with Gasteiger partial charge in [-0.1, -0.05) is 29.8 Å². The van der Waals surface area contributed by atoms with Gasteiger partial charge in [0.1, 0.15) is 0 Å². The molecule has 2 N–H and O–H groups in total. The highest BCUT2D eigenvalue weighted by atomic mass is 16.1. The maximum atomic E-state index is 11.7. The summed E-state index contributed by atoms with van der Waals surface area (Å²) in [6.45, 7) is 2.63. The number of nitrogens with one attached hydrogen (secondary N) is 2. The van der Waals surface area contributed by atoms with Gasteiger partial charge in [-0.2, -0.15) is 0 Å². The molecule has 0 aliphatic heterocycles. The second kappa shape index (κ2) is 6.00. The molecule has 0 fully saturated rings. The maximum absolute atomic E-state index is 11.7. The molecule has 1 heterocycles. The van der Waals surface area contributed by atoms with E-state index in [9.17, 15) is 4.79 Å². The first-order valence-corrected chi connectivity index (χ1v) is 6.03. The molecule has 0 radical (unpaired) electrons. The van der Waals surface area contributed by atoms with Gasteiger partial charge in [0.2, 0.25) is 5.91 Å². The van der Waals surface area contributed by atoms with E-state index < -0.39 is 0 Å². The number of imidazole rings is 1. The molecule has 0 saturated carbocycles. The van der Waals surface area contributed by atoms with E-state index in [2.05, 4.69) is 21.4 Å². The molecule has 18 heavy (non-hydrogen) atoms. The second-order valence-electron chi connectivity index (χ2n) is 4.34. The van der Waals surface area contributed by atoms with Gasteiger partial charge in [0.15, 0.2) is 0 Å². The van der Waals surface area contributed by atoms with Gasteiger partial charge in [0.25, 0.3) is 0 Å². The van der Waals surface area contributed by atoms with E-state index in [0.717, 1.165) is 11.3 Å². The summed E-state index contributed by atoms with van der Waals surface area (Å²) >= 11 is 0. The molecule has 1 amide bonds. The zero-order valence-electron chi connectivity index (χ0n) is 10.4. The molecule has 0 spiro atoms. The van der Waals surface area contributed by atoms with Crippen molar-refractivity contribution in [1.82, 2.24) is 15.3 Å². The third-order valence-corrected chi connectivity index (χ3v) is 2.75. The summed E-state index contributed by atoms with van der Waals surface area (Å²) in [4.78, 5) is 18.5. The molecular formula is C14H17N3O. The van der Waals surface area contributed by atoms with E-state index in [1.165, 1.54) is 5.56 Å². The zero-order valence-corrected chi connectivity index (χ0v) is 10.4. The van der Waals surface area contributed by atoms with E-state index in [-0.39, 0.29) is 5.91 Å². The van der Waals surface area contributed by atoms with Crippen molar-refractivity contribution >= 4 is 5.91 Å². The molecule has 0 aliphatic carbocycles. The highest BCUT2D eigenvalue weighted by Gasteiger charge is 2.03. The van der Waals surface area contributed by atoms with Gasteiger partial charge in [-0.15, -0.1) is 0 Å². The molecule has 1 aromatic heterocycles. The Morgan fingerprint density at radius 1 is 1.44 bits per heavy atom. The second-order valence-corrected chi connectivity index (χ2v) is 4.34. The van der Waals surface area contributed by atoms with Crippen LogP contribution in [0, 0.1) is 6.92 Å². The summed E-state index contributed by atoms with van der Waals surface area (Å²) < 4.78 is 0. The van der Waals surface area contributed by atoms with Crippen molar-refractivity contribution in [2.45, 2.75) is 26.3 Å². The van der Waals surface area contributed by atoms with Crippen LogP contribution < -0.4 is 5.32 Å². The Hall–Kier alpha value is -2.10. The number of amides is 1. The van der Waals surface area contributed by atoms with Crippen LogP contribution in [0.4, 0.5) is 0 Å². The number of carbonyl (C=O) groups excluding carboxylic acids is 1. The summed E-state index contributed by atoms with van der Waals surface area (Å²) in [6.07, 6.45) is 4.54. The number of rotatable bonds is 5. The van der Waals surface area contributed by atoms with E-state index in [1.54, 1.807) is 12.5 Å². The molecule has 2 rings (SSSR count). The zero-order chi connectivity index (χ0) is 12.8. The minimum atomic E-state index is 0.0612. The van der Waals surface area contributed by atoms with Crippen molar-refractivity contribution in [3.8, 4) is 0 Å². The predicted octanol–water partition coefficient (Wildman–Crippen LogP) is 1.97. The highest BCUT2D eigenvalue weighted by Crippen LogP contribution is 2.03. The predicted molar refractivity (Wildman–Crippen MR) is 69.9 cm³/mol. The Kier molecular flexibility index (Phi) is 4.12. The van der Waals surface area contributed by atoms with Crippen molar-refractivity contribution in [2.75, 3.05) is 0 Å². The molecule has 0 atom stereocenters. The number of benzene rings is 1. The van der Waals surface area contributed by atoms with Crippen LogP contribution in [0.3, 0.4) is 0 Å². The third kappa shape index (κ3) is 3.73. The lowest BCUT2D eigenvalue weighted by Crippen LogP contribution is -2.23. The van der Waals surface area contributed by atoms with E-state index in [0.29, 0.717) is 19.4 Å². The molecule has 4 heteroatoms. The fourth-order valence-electron chi connectivity index (χ4n) is 1.78. The van der Waals surface area contributed by atoms with Gasteiger partial charge in [-0.05, 0) is 18.9 Å². The van der Waals surface area contributed by atoms with Gasteiger partial charge in [0.05, 0.1) is 6.33 Å². The number of hydrogen-bond donors (Lipinski definition) is 2. The largest absolute Gasteiger partial charge is 0.352 e. The Labute approximate surface area is 106 Å². The summed E-state index contributed by atoms with van der Waals surface area (Å²) in [6, 6.07) is 8.14. The van der Waals surface area contributed by atoms with Gasteiger partial charge in [0, 0.05) is 24.9 Å². The first kappa shape index (κ1) is 12.4. The molecular weight excluding hydrogens is 226 g/mol. The highest BCUT2D eigenvalue weighted by molar-refractivity contribution is 5.76. The summed E-state index contributed by atoms with van der Waals surface area (Å²) in [5, 5.41) is 2.92. The first-order chi connectivity index (χ1) is 8.74. The summed E-state index contributed by atoms with van der Waals surface area (Å²) in [5.74, 6) is 0.0612. The van der Waals surface area contributed by atoms with E-state index in [4.69, 9.17) is 0 Å². The number of nitrogens with zero attached hydrogens (tertiary/aromatic N) is 1. The average Bonchev–Trinajstić information content (AvgIpc) is 2.87. The van der Waals surface area contributed by atoms with Crippen molar-refractivity contribution in [3.05, 3.63) is 53.6 Å². The quantitative estimate of drug-likeness (QED) is 0.843. The number of H-pyrrole nitrogens is 1. The molecule has 0 bridgehead atoms. The van der Waals surface area contributed by atoms with Crippen LogP contribution in [-0.2, 0) is 17.8 Å². The van der Waals surface area contributed by atoms with Gasteiger partial charge in [-0.3, -0.25) is 4.79 Å². The van der Waals surface area contributed by atoms with Crippen LogP contribution in [0.5, 0.6) is 0 Å². The fourth-order valence-corrected chi connectivity index (χ4v) is 1.78. The minimum absolute atomic E-state index is 0.0612. The lowest BCUT2D eigenvalue weighted by Gasteiger charge is -2.05. The van der Waals surface area contributed by atoms with Crippen LogP contribution in [-0.4, -0.2) is 15.9 Å². The number of aromatic amines is 1. The number of carbonyl (C=O) groups is 1. The van der Waals surface area contributed by atoms with Gasteiger partial charge >= 0.3 is 0 Å². The molecule has 94 valence electrons. The van der Waals surface area contributed by atoms with Crippen molar-refractivity contribution < 1.29 is 4.79 Å². The van der Waals surface area contributed by atoms with Crippen molar-refractivity contribution in [3.63, 3.8) is 0 Å². The minimum Gasteiger partial charge on any atom is -0.352 e. The lowest BCUT2D eigenvalue weighted by atomic mass is 10.1. The van der Waals surface area contributed by atoms with Crippen LogP contribution in [0.15, 0.2) is 36.8 Å². The molecule has 0 saturated heterocycles. The topological polar surface area (TPSA) is 57.8 Å². The average molecular weight is 243 g/mol. The summed E-state index contributed by atoms with van der Waals surface area (Å²) in [7, 11) is 0. The van der Waals surface area contributed by atoms with E-state index >= 15 is 0 Å². The Morgan fingerprint density at radius 2 is 2.33 bits per heavy atom. The normalized spacial score (nSPS) is 10.3. The van der Waals surface area contributed by atoms with E-state index in [1.807, 2.05) is 25.1 Å². The number of aryl methyl sites for hydroxylation is 2. The third-order valence-electron chi connectivity index (χ3n) is 2.75. The number of aromatic nitrogens is 2. The summed E-state index contributed by atoms with van der Waals surface area (Å²) in [5.41, 5.74) is 3.32. The lowest BCUT2D eigenvalue weighted by molar-refractivity contribution is -0.121. The Balaban J connectivity index is 1.75. The molecule has 4 nitrogen and oxygen atoms in total. The van der Waals surface area contributed by atoms with Crippen LogP contribution in [0.25, 0.3) is 0 Å². The standard InChI is InChI=1S/C14H17N3O/c1-11-3-2-4-12(7-11)8-16-14(18)6-5-13-9-15-10-17-13/h2-4,7,9-10H,5-6,8H2,1H3,(H,15,17)(H,16,18). The van der Waals surface area contributed by atoms with Crippen LogP contribution >= 0.6 is 0 Å². The first-order valence-electron chi connectivity index (χ1n) is 6.03. The van der Waals surface area contributed by atoms with Crippen LogP contribution in [0.2, 0.25) is 0 Å². The molecule has 0 unspecified atom stereocenters. The SMILES string of the molecule is Cc1cccc(CNC(=O)CCc2cnc[nH]2)c1. The molecule has 0 aliphatic rings. The number of hydrogen-bond acceptors (Lipinski definition) is 2. The monoisotopic (exact) mass is 243 g/mol. The maximum Gasteiger partial charge on any atom is 0.220 e. The van der Waals surface area contributed by atoms with Crippen molar-refractivity contribution in [2.24, 2.45) is 0 Å². The van der Waals surface area contributed by atoms with Gasteiger partial charge in [-0.25, -0.2) is 4.98 Å². The van der Waals surface area contributed by atoms with Crippen molar-refractivity contribution in [1.29, 1.82) is 0 Å². The molecule has 1 aromatic carbocycles. The fraction of sp³-hybridized carbons (Fsp3) is 0.286. The smallest absolute Gasteiger partial charge is 0.220 e. The molecule has 2 aromatic rings.